The van der Waals surface area contributed by atoms with Gasteiger partial charge in [-0.25, -0.2) is 4.39 Å². The van der Waals surface area contributed by atoms with Crippen LogP contribution >= 0.6 is 23.1 Å². The fourth-order valence-corrected chi connectivity index (χ4v) is 3.62. The molecule has 0 fully saturated rings. The van der Waals surface area contributed by atoms with Crippen LogP contribution in [0.3, 0.4) is 0 Å². The summed E-state index contributed by atoms with van der Waals surface area (Å²) in [6, 6.07) is 13.5. The number of halogens is 1. The minimum absolute atomic E-state index is 0.109. The summed E-state index contributed by atoms with van der Waals surface area (Å²) in [7, 11) is 1.59. The predicted octanol–water partition coefficient (Wildman–Crippen LogP) is 4.16. The lowest BCUT2D eigenvalue weighted by Gasteiger charge is -2.07. The van der Waals surface area contributed by atoms with Crippen LogP contribution in [0.15, 0.2) is 52.9 Å². The van der Waals surface area contributed by atoms with E-state index in [-0.39, 0.29) is 17.3 Å². The van der Waals surface area contributed by atoms with E-state index in [0.29, 0.717) is 15.2 Å². The van der Waals surface area contributed by atoms with Crippen molar-refractivity contribution in [1.82, 2.24) is 10.2 Å². The number of carbonyl (C=O) groups is 1. The zero-order valence-corrected chi connectivity index (χ0v) is 15.4. The molecule has 0 spiro atoms. The quantitative estimate of drug-likeness (QED) is 0.590. The van der Waals surface area contributed by atoms with E-state index >= 15 is 0 Å². The van der Waals surface area contributed by atoms with Gasteiger partial charge in [-0.05, 0) is 24.3 Å². The maximum Gasteiger partial charge on any atom is 0.234 e. The molecule has 0 radical (unpaired) electrons. The van der Waals surface area contributed by atoms with Crippen molar-refractivity contribution in [2.75, 3.05) is 23.5 Å². The number of nitrogens with zero attached hydrogens (tertiary/aromatic N) is 2. The number of amides is 1. The molecule has 3 rings (SSSR count). The predicted molar refractivity (Wildman–Crippen MR) is 102 cm³/mol. The number of carbonyl (C=O) groups excluding carboxylic acids is 1. The van der Waals surface area contributed by atoms with Gasteiger partial charge in [-0.15, -0.1) is 10.2 Å². The fraction of sp³-hybridized carbons (Fsp3) is 0.118. The Bertz CT molecular complexity index is 904. The molecule has 0 unspecified atom stereocenters. The number of aromatic nitrogens is 2. The van der Waals surface area contributed by atoms with Gasteiger partial charge in [0, 0.05) is 0 Å². The maximum atomic E-state index is 13.5. The monoisotopic (exact) mass is 390 g/mol. The van der Waals surface area contributed by atoms with Crippen molar-refractivity contribution in [3.05, 3.63) is 54.3 Å². The number of para-hydroxylation sites is 3. The first kappa shape index (κ1) is 18.2. The van der Waals surface area contributed by atoms with Gasteiger partial charge in [0.2, 0.25) is 11.0 Å². The average Bonchev–Trinajstić information content (AvgIpc) is 3.10. The van der Waals surface area contributed by atoms with Gasteiger partial charge in [0.05, 0.1) is 24.2 Å². The summed E-state index contributed by atoms with van der Waals surface area (Å²) >= 11 is 2.55. The van der Waals surface area contributed by atoms with E-state index in [1.165, 1.54) is 35.2 Å². The molecule has 134 valence electrons. The lowest BCUT2D eigenvalue weighted by molar-refractivity contribution is -0.113. The number of nitrogens with one attached hydrogen (secondary N) is 2. The van der Waals surface area contributed by atoms with Crippen molar-refractivity contribution in [2.45, 2.75) is 4.34 Å². The molecule has 2 N–H and O–H groups in total. The molecule has 1 heterocycles. The normalized spacial score (nSPS) is 10.4. The number of hydrogen-bond donors (Lipinski definition) is 2. The molecule has 0 bridgehead atoms. The Morgan fingerprint density at radius 2 is 1.88 bits per heavy atom. The van der Waals surface area contributed by atoms with E-state index in [1.54, 1.807) is 19.2 Å². The van der Waals surface area contributed by atoms with Crippen LogP contribution in [0.5, 0.6) is 5.75 Å². The topological polar surface area (TPSA) is 76.1 Å². The van der Waals surface area contributed by atoms with Gasteiger partial charge in [0.1, 0.15) is 11.6 Å². The Morgan fingerprint density at radius 3 is 2.65 bits per heavy atom. The van der Waals surface area contributed by atoms with Crippen LogP contribution in [-0.2, 0) is 4.79 Å². The van der Waals surface area contributed by atoms with Gasteiger partial charge in [-0.2, -0.15) is 0 Å². The minimum Gasteiger partial charge on any atom is -0.495 e. The number of methoxy groups -OCH3 is 1. The van der Waals surface area contributed by atoms with Crippen LogP contribution in [0.25, 0.3) is 0 Å². The SMILES string of the molecule is COc1ccccc1Nc1nnc(SCC(=O)Nc2ccccc2F)s1. The summed E-state index contributed by atoms with van der Waals surface area (Å²) in [5.74, 6) is 0.0261. The molecule has 0 saturated carbocycles. The number of hydrogen-bond acceptors (Lipinski definition) is 7. The van der Waals surface area contributed by atoms with Crippen LogP contribution in [0.2, 0.25) is 0 Å². The molecule has 0 atom stereocenters. The Morgan fingerprint density at radius 1 is 1.15 bits per heavy atom. The van der Waals surface area contributed by atoms with E-state index in [4.69, 9.17) is 4.74 Å². The van der Waals surface area contributed by atoms with Crippen molar-refractivity contribution in [2.24, 2.45) is 0 Å². The molecule has 0 aliphatic rings. The van der Waals surface area contributed by atoms with Gasteiger partial charge in [-0.3, -0.25) is 4.79 Å². The molecule has 26 heavy (non-hydrogen) atoms. The van der Waals surface area contributed by atoms with Crippen molar-refractivity contribution in [1.29, 1.82) is 0 Å². The summed E-state index contributed by atoms with van der Waals surface area (Å²) in [4.78, 5) is 11.9. The van der Waals surface area contributed by atoms with Crippen LogP contribution in [0.4, 0.5) is 20.9 Å². The second kappa shape index (κ2) is 8.63. The van der Waals surface area contributed by atoms with Crippen LogP contribution < -0.4 is 15.4 Å². The number of rotatable bonds is 7. The second-order valence-corrected chi connectivity index (χ2v) is 7.22. The summed E-state index contributed by atoms with van der Waals surface area (Å²) in [6.45, 7) is 0. The molecule has 9 heteroatoms. The first-order valence-electron chi connectivity index (χ1n) is 7.56. The smallest absolute Gasteiger partial charge is 0.234 e. The van der Waals surface area contributed by atoms with Crippen LogP contribution in [0.1, 0.15) is 0 Å². The Labute approximate surface area is 157 Å². The highest BCUT2D eigenvalue weighted by Gasteiger charge is 2.11. The third-order valence-electron chi connectivity index (χ3n) is 3.23. The minimum atomic E-state index is -0.468. The molecule has 0 aliphatic carbocycles. The zero-order valence-electron chi connectivity index (χ0n) is 13.7. The maximum absolute atomic E-state index is 13.5. The van der Waals surface area contributed by atoms with Gasteiger partial charge in [0.15, 0.2) is 4.34 Å². The highest BCUT2D eigenvalue weighted by atomic mass is 32.2. The van der Waals surface area contributed by atoms with Gasteiger partial charge >= 0.3 is 0 Å². The van der Waals surface area contributed by atoms with Gasteiger partial charge in [0.25, 0.3) is 0 Å². The number of ether oxygens (including phenoxy) is 1. The highest BCUT2D eigenvalue weighted by molar-refractivity contribution is 8.01. The molecule has 3 aromatic rings. The molecular formula is C17H15FN4O2S2. The van der Waals surface area contributed by atoms with Gasteiger partial charge < -0.3 is 15.4 Å². The lowest BCUT2D eigenvalue weighted by atomic mass is 10.3. The first-order valence-corrected chi connectivity index (χ1v) is 9.36. The molecule has 1 aromatic heterocycles. The fourth-order valence-electron chi connectivity index (χ4n) is 2.06. The lowest BCUT2D eigenvalue weighted by Crippen LogP contribution is -2.14. The van der Waals surface area contributed by atoms with E-state index in [9.17, 15) is 9.18 Å². The average molecular weight is 390 g/mol. The van der Waals surface area contributed by atoms with Crippen molar-refractivity contribution >= 4 is 45.5 Å². The molecule has 6 nitrogen and oxygen atoms in total. The molecular weight excluding hydrogens is 375 g/mol. The summed E-state index contributed by atoms with van der Waals surface area (Å²) in [6.07, 6.45) is 0. The third-order valence-corrected chi connectivity index (χ3v) is 5.20. The third kappa shape index (κ3) is 4.70. The van der Waals surface area contributed by atoms with E-state index in [2.05, 4.69) is 20.8 Å². The van der Waals surface area contributed by atoms with Gasteiger partial charge in [-0.1, -0.05) is 47.4 Å². The standard InChI is InChI=1S/C17H15FN4O2S2/c1-24-14-9-5-4-8-13(14)20-16-21-22-17(26-16)25-10-15(23)19-12-7-3-2-6-11(12)18/h2-9H,10H2,1H3,(H,19,23)(H,20,21). The van der Waals surface area contributed by atoms with E-state index in [1.807, 2.05) is 24.3 Å². The zero-order chi connectivity index (χ0) is 18.4. The second-order valence-electron chi connectivity index (χ2n) is 5.02. The summed E-state index contributed by atoms with van der Waals surface area (Å²) in [5.41, 5.74) is 0.939. The van der Waals surface area contributed by atoms with Crippen molar-refractivity contribution in [3.8, 4) is 5.75 Å². The van der Waals surface area contributed by atoms with Crippen LogP contribution in [-0.4, -0.2) is 29.0 Å². The van der Waals surface area contributed by atoms with Crippen LogP contribution in [0, 0.1) is 5.82 Å². The Hall–Kier alpha value is -2.65. The number of thioether (sulfide) groups is 1. The first-order chi connectivity index (χ1) is 12.7. The highest BCUT2D eigenvalue weighted by Crippen LogP contribution is 2.31. The number of anilines is 3. The molecule has 0 saturated heterocycles. The van der Waals surface area contributed by atoms with Crippen molar-refractivity contribution < 1.29 is 13.9 Å². The Kier molecular flexibility index (Phi) is 6.03. The summed E-state index contributed by atoms with van der Waals surface area (Å²) in [5, 5.41) is 14.3. The van der Waals surface area contributed by atoms with E-state index in [0.717, 1.165) is 5.69 Å². The number of benzene rings is 2. The Balaban J connectivity index is 1.55. The molecule has 2 aromatic carbocycles. The molecule has 0 aliphatic heterocycles. The largest absolute Gasteiger partial charge is 0.495 e. The summed E-state index contributed by atoms with van der Waals surface area (Å²) < 4.78 is 19.4. The van der Waals surface area contributed by atoms with E-state index < -0.39 is 5.82 Å². The van der Waals surface area contributed by atoms with Crippen molar-refractivity contribution in [3.63, 3.8) is 0 Å². The molecule has 1 amide bonds.